The molecule has 0 radical (unpaired) electrons. The van der Waals surface area contributed by atoms with Gasteiger partial charge in [-0.3, -0.25) is 14.6 Å². The molecule has 4 N–H and O–H groups in total. The average molecular weight is 436 g/mol. The van der Waals surface area contributed by atoms with E-state index in [1.54, 1.807) is 48.5 Å². The molecule has 0 fully saturated rings. The molecule has 0 unspecified atom stereocenters. The summed E-state index contributed by atoms with van der Waals surface area (Å²) in [7, 11) is 3.00. The standard InChI is InChI=1S/C22H20N4O4S/c1-29-18-8-7-15(11-19(18)30-2)22(28)25-16-9-10-24-12-17(16)26-21(27)14-5-3-13(4-6-14)20(23)31/h3-12H,1-2H3,(H2,23,31)(H,26,27)(H,24,25,28). The smallest absolute Gasteiger partial charge is 0.255 e. The van der Waals surface area contributed by atoms with E-state index in [-0.39, 0.29) is 16.8 Å². The molecular formula is C22H20N4O4S. The van der Waals surface area contributed by atoms with Crippen LogP contribution in [0.4, 0.5) is 11.4 Å². The van der Waals surface area contributed by atoms with E-state index in [2.05, 4.69) is 15.6 Å². The molecule has 0 aliphatic carbocycles. The predicted molar refractivity (Wildman–Crippen MR) is 122 cm³/mol. The number of amides is 2. The van der Waals surface area contributed by atoms with E-state index in [4.69, 9.17) is 27.4 Å². The third kappa shape index (κ3) is 5.14. The number of carbonyl (C=O) groups excluding carboxylic acids is 2. The Labute approximate surface area is 184 Å². The zero-order chi connectivity index (χ0) is 22.4. The number of hydrogen-bond acceptors (Lipinski definition) is 6. The Morgan fingerprint density at radius 1 is 0.839 bits per heavy atom. The quantitative estimate of drug-likeness (QED) is 0.487. The van der Waals surface area contributed by atoms with Crippen LogP contribution in [0, 0.1) is 0 Å². The van der Waals surface area contributed by atoms with Crippen LogP contribution in [0.1, 0.15) is 26.3 Å². The molecule has 0 aliphatic heterocycles. The van der Waals surface area contributed by atoms with Gasteiger partial charge in [-0.1, -0.05) is 24.4 Å². The van der Waals surface area contributed by atoms with Crippen LogP contribution >= 0.6 is 12.2 Å². The van der Waals surface area contributed by atoms with Crippen molar-refractivity contribution in [2.45, 2.75) is 0 Å². The van der Waals surface area contributed by atoms with Crippen LogP contribution in [0.15, 0.2) is 60.9 Å². The zero-order valence-corrected chi connectivity index (χ0v) is 17.7. The number of aromatic nitrogens is 1. The molecule has 3 aromatic rings. The normalized spacial score (nSPS) is 10.1. The Kier molecular flexibility index (Phi) is 6.78. The SMILES string of the molecule is COc1ccc(C(=O)Nc2ccncc2NC(=O)c2ccc(C(N)=S)cc2)cc1OC. The second kappa shape index (κ2) is 9.68. The highest BCUT2D eigenvalue weighted by atomic mass is 32.1. The molecule has 1 heterocycles. The maximum Gasteiger partial charge on any atom is 0.255 e. The number of anilines is 2. The number of carbonyl (C=O) groups is 2. The fourth-order valence-corrected chi connectivity index (χ4v) is 2.89. The van der Waals surface area contributed by atoms with Crippen molar-refractivity contribution in [2.24, 2.45) is 5.73 Å². The van der Waals surface area contributed by atoms with Gasteiger partial charge in [-0.05, 0) is 36.4 Å². The maximum absolute atomic E-state index is 12.7. The number of hydrogen-bond donors (Lipinski definition) is 3. The van der Waals surface area contributed by atoms with Gasteiger partial charge in [-0.2, -0.15) is 0 Å². The number of methoxy groups -OCH3 is 2. The summed E-state index contributed by atoms with van der Waals surface area (Å²) in [4.78, 5) is 29.6. The third-order valence-corrected chi connectivity index (χ3v) is 4.63. The molecule has 2 aromatic carbocycles. The van der Waals surface area contributed by atoms with Crippen molar-refractivity contribution in [2.75, 3.05) is 24.9 Å². The molecule has 2 amide bonds. The lowest BCUT2D eigenvalue weighted by Crippen LogP contribution is -2.17. The molecule has 8 nitrogen and oxygen atoms in total. The lowest BCUT2D eigenvalue weighted by molar-refractivity contribution is 0.101. The van der Waals surface area contributed by atoms with E-state index in [1.807, 2.05) is 0 Å². The van der Waals surface area contributed by atoms with E-state index in [9.17, 15) is 9.59 Å². The first kappa shape index (κ1) is 21.7. The van der Waals surface area contributed by atoms with Crippen LogP contribution in [-0.4, -0.2) is 36.0 Å². The van der Waals surface area contributed by atoms with Gasteiger partial charge in [0.25, 0.3) is 11.8 Å². The summed E-state index contributed by atoms with van der Waals surface area (Å²) in [5.74, 6) is 0.184. The topological polar surface area (TPSA) is 116 Å². The summed E-state index contributed by atoms with van der Waals surface area (Å²) in [6.45, 7) is 0. The molecule has 0 atom stereocenters. The summed E-state index contributed by atoms with van der Waals surface area (Å²) in [6, 6.07) is 13.0. The van der Waals surface area contributed by atoms with Gasteiger partial charge in [0, 0.05) is 22.9 Å². The van der Waals surface area contributed by atoms with Gasteiger partial charge in [0.05, 0.1) is 31.8 Å². The maximum atomic E-state index is 12.7. The number of ether oxygens (including phenoxy) is 2. The number of benzene rings is 2. The lowest BCUT2D eigenvalue weighted by atomic mass is 10.1. The van der Waals surface area contributed by atoms with Crippen molar-refractivity contribution in [1.29, 1.82) is 0 Å². The number of nitrogens with zero attached hydrogens (tertiary/aromatic N) is 1. The van der Waals surface area contributed by atoms with E-state index < -0.39 is 0 Å². The summed E-state index contributed by atoms with van der Waals surface area (Å²) in [6.07, 6.45) is 2.96. The molecule has 0 bridgehead atoms. The summed E-state index contributed by atoms with van der Waals surface area (Å²) >= 11 is 4.92. The van der Waals surface area contributed by atoms with Crippen LogP contribution < -0.4 is 25.8 Å². The fourth-order valence-electron chi connectivity index (χ4n) is 2.76. The Balaban J connectivity index is 1.78. The Bertz CT molecular complexity index is 1130. The zero-order valence-electron chi connectivity index (χ0n) is 16.8. The molecular weight excluding hydrogens is 416 g/mol. The van der Waals surface area contributed by atoms with Gasteiger partial charge in [0.15, 0.2) is 11.5 Å². The largest absolute Gasteiger partial charge is 0.493 e. The van der Waals surface area contributed by atoms with Gasteiger partial charge in [-0.15, -0.1) is 0 Å². The number of nitrogens with one attached hydrogen (secondary N) is 2. The van der Waals surface area contributed by atoms with Crippen LogP contribution in [0.2, 0.25) is 0 Å². The van der Waals surface area contributed by atoms with Crippen LogP contribution in [-0.2, 0) is 0 Å². The highest BCUT2D eigenvalue weighted by molar-refractivity contribution is 7.80. The van der Waals surface area contributed by atoms with E-state index in [0.29, 0.717) is 39.6 Å². The highest BCUT2D eigenvalue weighted by Gasteiger charge is 2.15. The molecule has 31 heavy (non-hydrogen) atoms. The second-order valence-electron chi connectivity index (χ2n) is 6.34. The number of rotatable bonds is 7. The molecule has 1 aromatic heterocycles. The van der Waals surface area contributed by atoms with Gasteiger partial charge >= 0.3 is 0 Å². The fraction of sp³-hybridized carbons (Fsp3) is 0.0909. The lowest BCUT2D eigenvalue weighted by Gasteiger charge is -2.13. The molecule has 3 rings (SSSR count). The minimum atomic E-state index is -0.386. The summed E-state index contributed by atoms with van der Waals surface area (Å²) in [5.41, 5.74) is 7.75. The van der Waals surface area contributed by atoms with Crippen LogP contribution in [0.3, 0.4) is 0 Å². The van der Waals surface area contributed by atoms with Gasteiger partial charge in [-0.25, -0.2) is 0 Å². The second-order valence-corrected chi connectivity index (χ2v) is 6.78. The van der Waals surface area contributed by atoms with Gasteiger partial charge < -0.3 is 25.8 Å². The number of pyridine rings is 1. The minimum absolute atomic E-state index is 0.249. The monoisotopic (exact) mass is 436 g/mol. The third-order valence-electron chi connectivity index (χ3n) is 4.39. The molecule has 0 spiro atoms. The Morgan fingerprint density at radius 3 is 2.06 bits per heavy atom. The predicted octanol–water partition coefficient (Wildman–Crippen LogP) is 3.24. The first-order valence-corrected chi connectivity index (χ1v) is 9.52. The average Bonchev–Trinajstić information content (AvgIpc) is 2.79. The van der Waals surface area contributed by atoms with Crippen molar-refractivity contribution in [3.63, 3.8) is 0 Å². The minimum Gasteiger partial charge on any atom is -0.493 e. The first-order chi connectivity index (χ1) is 14.9. The molecule has 9 heteroatoms. The highest BCUT2D eigenvalue weighted by Crippen LogP contribution is 2.28. The Morgan fingerprint density at radius 2 is 1.42 bits per heavy atom. The summed E-state index contributed by atoms with van der Waals surface area (Å²) < 4.78 is 10.4. The number of nitrogens with two attached hydrogens (primary N) is 1. The van der Waals surface area contributed by atoms with Crippen molar-refractivity contribution in [1.82, 2.24) is 4.98 Å². The van der Waals surface area contributed by atoms with E-state index in [0.717, 1.165) is 0 Å². The van der Waals surface area contributed by atoms with Crippen molar-refractivity contribution in [3.8, 4) is 11.5 Å². The van der Waals surface area contributed by atoms with Crippen molar-refractivity contribution >= 4 is 40.4 Å². The van der Waals surface area contributed by atoms with E-state index in [1.165, 1.54) is 26.6 Å². The molecule has 0 saturated carbocycles. The van der Waals surface area contributed by atoms with Crippen LogP contribution in [0.25, 0.3) is 0 Å². The van der Waals surface area contributed by atoms with Gasteiger partial charge in [0.1, 0.15) is 4.99 Å². The Hall–Kier alpha value is -3.98. The first-order valence-electron chi connectivity index (χ1n) is 9.11. The number of thiocarbonyl (C=S) groups is 1. The molecule has 0 saturated heterocycles. The van der Waals surface area contributed by atoms with Crippen molar-refractivity contribution < 1.29 is 19.1 Å². The molecule has 0 aliphatic rings. The van der Waals surface area contributed by atoms with E-state index >= 15 is 0 Å². The summed E-state index contributed by atoms with van der Waals surface area (Å²) in [5, 5.41) is 5.52. The van der Waals surface area contributed by atoms with Gasteiger partial charge in [0.2, 0.25) is 0 Å². The van der Waals surface area contributed by atoms with Crippen molar-refractivity contribution in [3.05, 3.63) is 77.6 Å². The molecule has 158 valence electrons. The van der Waals surface area contributed by atoms with Crippen LogP contribution in [0.5, 0.6) is 11.5 Å².